The number of fused-ring (bicyclic) bond motifs is 2. The quantitative estimate of drug-likeness (QED) is 0.183. The van der Waals surface area contributed by atoms with Crippen LogP contribution in [0.3, 0.4) is 0 Å². The summed E-state index contributed by atoms with van der Waals surface area (Å²) in [6.45, 7) is 1.97. The van der Waals surface area contributed by atoms with Crippen molar-refractivity contribution in [2.75, 3.05) is 19.1 Å². The Bertz CT molecular complexity index is 1700. The normalized spacial score (nSPS) is 19.8. The number of Topliss-reactive ketones (excluding diaryl/α,β-unsaturated/α-hetero) is 1. The van der Waals surface area contributed by atoms with Crippen LogP contribution in [0.4, 0.5) is 5.13 Å². The van der Waals surface area contributed by atoms with E-state index in [9.17, 15) is 14.7 Å². The van der Waals surface area contributed by atoms with Crippen LogP contribution in [-0.2, 0) is 16.0 Å². The van der Waals surface area contributed by atoms with Gasteiger partial charge in [0, 0.05) is 17.0 Å². The SMILES string of the molecule is COc1ccc([C@@H]2/C(=C(\O)c3ccc4c(c3)C[C@H](C)O4)C(=O)C(=O)N2c2nc3ccc(Cl)cc3s2)cc1OC. The van der Waals surface area contributed by atoms with Gasteiger partial charge in [0.2, 0.25) is 0 Å². The molecule has 0 unspecified atom stereocenters. The van der Waals surface area contributed by atoms with Crippen LogP contribution < -0.4 is 19.1 Å². The zero-order valence-electron chi connectivity index (χ0n) is 21.2. The van der Waals surface area contributed by atoms with E-state index in [1.165, 1.54) is 30.5 Å². The van der Waals surface area contributed by atoms with Gasteiger partial charge in [-0.05, 0) is 66.6 Å². The van der Waals surface area contributed by atoms with Gasteiger partial charge in [-0.1, -0.05) is 29.0 Å². The molecule has 0 bridgehead atoms. The van der Waals surface area contributed by atoms with Gasteiger partial charge in [0.1, 0.15) is 17.6 Å². The first-order valence-corrected chi connectivity index (χ1v) is 13.4. The van der Waals surface area contributed by atoms with Crippen LogP contribution in [0.15, 0.2) is 60.2 Å². The Morgan fingerprint density at radius 3 is 2.64 bits per heavy atom. The van der Waals surface area contributed by atoms with Gasteiger partial charge in [-0.25, -0.2) is 4.98 Å². The first-order valence-electron chi connectivity index (χ1n) is 12.2. The Kier molecular flexibility index (Phi) is 6.20. The molecule has 1 amide bonds. The van der Waals surface area contributed by atoms with Crippen molar-refractivity contribution in [2.45, 2.75) is 25.5 Å². The molecule has 2 atom stereocenters. The average molecular weight is 563 g/mol. The number of hydrogen-bond donors (Lipinski definition) is 1. The fraction of sp³-hybridized carbons (Fsp3) is 0.207. The molecule has 0 aliphatic carbocycles. The highest BCUT2D eigenvalue weighted by Gasteiger charge is 2.48. The lowest BCUT2D eigenvalue weighted by molar-refractivity contribution is -0.132. The number of rotatable bonds is 5. The largest absolute Gasteiger partial charge is 0.507 e. The van der Waals surface area contributed by atoms with Crippen LogP contribution in [0.2, 0.25) is 5.02 Å². The van der Waals surface area contributed by atoms with E-state index in [0.29, 0.717) is 44.7 Å². The minimum Gasteiger partial charge on any atom is -0.507 e. The smallest absolute Gasteiger partial charge is 0.301 e. The summed E-state index contributed by atoms with van der Waals surface area (Å²) in [4.78, 5) is 33.1. The standard InChI is InChI=1S/C29H23ClN2O6S/c1-14-10-17-11-16(5-8-20(17)38-14)26(33)24-25(15-4-9-21(36-2)22(12-15)37-3)32(28(35)27(24)34)29-31-19-7-6-18(30)13-23(19)39-29/h4-9,11-14,25,33H,10H2,1-3H3/b26-24+/t14-,25+/m0/s1. The molecule has 0 spiro atoms. The first-order chi connectivity index (χ1) is 18.8. The van der Waals surface area contributed by atoms with E-state index in [-0.39, 0.29) is 17.4 Å². The van der Waals surface area contributed by atoms with Gasteiger partial charge in [0.25, 0.3) is 5.78 Å². The van der Waals surface area contributed by atoms with Crippen molar-refractivity contribution in [3.8, 4) is 17.2 Å². The molecule has 0 radical (unpaired) electrons. The fourth-order valence-corrected chi connectivity index (χ4v) is 6.35. The Hall–Kier alpha value is -4.08. The number of amides is 1. The molecule has 198 valence electrons. The molecule has 1 aromatic heterocycles. The number of aliphatic hydroxyl groups excluding tert-OH is 1. The third kappa shape index (κ3) is 4.18. The Morgan fingerprint density at radius 2 is 1.87 bits per heavy atom. The van der Waals surface area contributed by atoms with Crippen LogP contribution >= 0.6 is 22.9 Å². The molecule has 2 aliphatic rings. The summed E-state index contributed by atoms with van der Waals surface area (Å²) in [5, 5.41) is 12.4. The fourth-order valence-electron chi connectivity index (χ4n) is 5.08. The number of methoxy groups -OCH3 is 2. The van der Waals surface area contributed by atoms with Crippen molar-refractivity contribution in [1.29, 1.82) is 0 Å². The topological polar surface area (TPSA) is 98.2 Å². The van der Waals surface area contributed by atoms with Gasteiger partial charge in [-0.3, -0.25) is 14.5 Å². The third-order valence-corrected chi connectivity index (χ3v) is 8.14. The van der Waals surface area contributed by atoms with Gasteiger partial charge in [0.05, 0.1) is 36.1 Å². The molecule has 6 rings (SSSR count). The van der Waals surface area contributed by atoms with E-state index < -0.39 is 17.7 Å². The second kappa shape index (κ2) is 9.59. The maximum atomic E-state index is 13.6. The zero-order chi connectivity index (χ0) is 27.4. The van der Waals surface area contributed by atoms with E-state index in [0.717, 1.165) is 16.0 Å². The number of aliphatic hydroxyl groups is 1. The molecule has 1 fully saturated rings. The van der Waals surface area contributed by atoms with E-state index in [4.69, 9.17) is 25.8 Å². The summed E-state index contributed by atoms with van der Waals surface area (Å²) in [5.41, 5.74) is 2.48. The third-order valence-electron chi connectivity index (χ3n) is 6.88. The van der Waals surface area contributed by atoms with Crippen LogP contribution in [0.5, 0.6) is 17.2 Å². The molecule has 2 aliphatic heterocycles. The number of anilines is 1. The van der Waals surface area contributed by atoms with Crippen molar-refractivity contribution in [3.05, 3.63) is 81.9 Å². The lowest BCUT2D eigenvalue weighted by atomic mass is 9.94. The highest BCUT2D eigenvalue weighted by Crippen LogP contribution is 2.46. The van der Waals surface area contributed by atoms with Crippen molar-refractivity contribution in [2.24, 2.45) is 0 Å². The number of ketones is 1. The number of carbonyl (C=O) groups excluding carboxylic acids is 2. The molecule has 0 saturated carbocycles. The van der Waals surface area contributed by atoms with E-state index in [1.807, 2.05) is 6.92 Å². The number of benzene rings is 3. The second-order valence-corrected chi connectivity index (χ2v) is 10.8. The maximum Gasteiger partial charge on any atom is 0.301 e. The highest BCUT2D eigenvalue weighted by atomic mass is 35.5. The number of ether oxygens (including phenoxy) is 3. The summed E-state index contributed by atoms with van der Waals surface area (Å²) in [6, 6.07) is 14.6. The number of thiazole rings is 1. The van der Waals surface area contributed by atoms with Crippen LogP contribution in [0.1, 0.15) is 29.7 Å². The van der Waals surface area contributed by atoms with Crippen molar-refractivity contribution in [3.63, 3.8) is 0 Å². The van der Waals surface area contributed by atoms with Gasteiger partial charge in [-0.2, -0.15) is 0 Å². The summed E-state index contributed by atoms with van der Waals surface area (Å²) >= 11 is 7.41. The van der Waals surface area contributed by atoms with E-state index in [1.54, 1.807) is 54.6 Å². The average Bonchev–Trinajstić information content (AvgIpc) is 3.59. The monoisotopic (exact) mass is 562 g/mol. The van der Waals surface area contributed by atoms with Gasteiger partial charge in [0.15, 0.2) is 16.6 Å². The molecule has 1 saturated heterocycles. The number of nitrogens with zero attached hydrogens (tertiary/aromatic N) is 2. The molecule has 3 aromatic carbocycles. The Balaban J connectivity index is 1.55. The Labute approximate surface area is 233 Å². The predicted molar refractivity (Wildman–Crippen MR) is 149 cm³/mol. The minimum absolute atomic E-state index is 0.0160. The zero-order valence-corrected chi connectivity index (χ0v) is 22.8. The molecular weight excluding hydrogens is 540 g/mol. The second-order valence-electron chi connectivity index (χ2n) is 9.35. The van der Waals surface area contributed by atoms with Gasteiger partial charge < -0.3 is 19.3 Å². The van der Waals surface area contributed by atoms with Crippen LogP contribution in [0.25, 0.3) is 16.0 Å². The lowest BCUT2D eigenvalue weighted by Crippen LogP contribution is -2.29. The van der Waals surface area contributed by atoms with Crippen molar-refractivity contribution < 1.29 is 28.9 Å². The van der Waals surface area contributed by atoms with Gasteiger partial charge in [-0.15, -0.1) is 0 Å². The summed E-state index contributed by atoms with van der Waals surface area (Å²) in [6.07, 6.45) is 0.695. The van der Waals surface area contributed by atoms with E-state index in [2.05, 4.69) is 4.98 Å². The van der Waals surface area contributed by atoms with E-state index >= 15 is 0 Å². The molecule has 3 heterocycles. The van der Waals surface area contributed by atoms with Crippen molar-refractivity contribution in [1.82, 2.24) is 4.98 Å². The van der Waals surface area contributed by atoms with Gasteiger partial charge >= 0.3 is 5.91 Å². The maximum absolute atomic E-state index is 13.6. The summed E-state index contributed by atoms with van der Waals surface area (Å²) in [5.74, 6) is -0.235. The highest BCUT2D eigenvalue weighted by molar-refractivity contribution is 7.22. The number of hydrogen-bond acceptors (Lipinski definition) is 8. The number of aromatic nitrogens is 1. The predicted octanol–water partition coefficient (Wildman–Crippen LogP) is 5.92. The number of halogens is 1. The summed E-state index contributed by atoms with van der Waals surface area (Å²) in [7, 11) is 3.03. The molecular formula is C29H23ClN2O6S. The van der Waals surface area contributed by atoms with Crippen LogP contribution in [0, 0.1) is 0 Å². The minimum atomic E-state index is -0.968. The van der Waals surface area contributed by atoms with Crippen molar-refractivity contribution >= 4 is 55.7 Å². The Morgan fingerprint density at radius 1 is 1.08 bits per heavy atom. The molecule has 10 heteroatoms. The van der Waals surface area contributed by atoms with Crippen LogP contribution in [-0.4, -0.2) is 42.1 Å². The molecule has 39 heavy (non-hydrogen) atoms. The molecule has 4 aromatic rings. The molecule has 1 N–H and O–H groups in total. The summed E-state index contributed by atoms with van der Waals surface area (Å²) < 4.78 is 17.4. The molecule has 8 nitrogen and oxygen atoms in total. The number of carbonyl (C=O) groups is 2. The lowest BCUT2D eigenvalue weighted by Gasteiger charge is -2.23. The first kappa shape index (κ1) is 25.2.